The molecule has 74 valence electrons. The van der Waals surface area contributed by atoms with Gasteiger partial charge in [0.15, 0.2) is 0 Å². The van der Waals surface area contributed by atoms with Crippen molar-refractivity contribution in [3.63, 3.8) is 0 Å². The Hall–Kier alpha value is -1.03. The van der Waals surface area contributed by atoms with Crippen molar-refractivity contribution in [1.82, 2.24) is 0 Å². The zero-order valence-corrected chi connectivity index (χ0v) is 9.20. The number of hydrogen-bond donors (Lipinski definition) is 1. The molecule has 0 unspecified atom stereocenters. The minimum atomic E-state index is 0.159. The molecule has 0 saturated heterocycles. The lowest BCUT2D eigenvalue weighted by Gasteiger charge is -2.01. The van der Waals surface area contributed by atoms with Gasteiger partial charge < -0.3 is 10.6 Å². The first kappa shape index (κ1) is 9.52. The molecule has 1 heterocycles. The van der Waals surface area contributed by atoms with E-state index in [1.165, 1.54) is 0 Å². The van der Waals surface area contributed by atoms with E-state index in [0.29, 0.717) is 0 Å². The summed E-state index contributed by atoms with van der Waals surface area (Å²) in [6.45, 7) is 0. The van der Waals surface area contributed by atoms with Crippen molar-refractivity contribution in [1.29, 1.82) is 0 Å². The van der Waals surface area contributed by atoms with E-state index in [-0.39, 0.29) is 6.10 Å². The molecule has 0 fully saturated rings. The molecule has 0 spiro atoms. The number of oxime groups is 1. The molecule has 1 aliphatic rings. The summed E-state index contributed by atoms with van der Waals surface area (Å²) in [6.07, 6.45) is 1.00. The van der Waals surface area contributed by atoms with Gasteiger partial charge in [-0.05, 0) is 12.1 Å². The highest BCUT2D eigenvalue weighted by atomic mass is 79.9. The molecule has 2 N–H and O–H groups in total. The third kappa shape index (κ3) is 1.90. The summed E-state index contributed by atoms with van der Waals surface area (Å²) < 4.78 is 0. The van der Waals surface area contributed by atoms with Gasteiger partial charge in [-0.2, -0.15) is 0 Å². The van der Waals surface area contributed by atoms with Crippen LogP contribution in [-0.2, 0) is 4.84 Å². The van der Waals surface area contributed by atoms with Crippen LogP contribution < -0.4 is 5.73 Å². The van der Waals surface area contributed by atoms with E-state index in [2.05, 4.69) is 21.1 Å². The Balaban J connectivity index is 2.17. The summed E-state index contributed by atoms with van der Waals surface area (Å²) >= 11 is 3.37. The van der Waals surface area contributed by atoms with E-state index in [1.54, 1.807) is 0 Å². The van der Waals surface area contributed by atoms with Crippen LogP contribution in [0.2, 0.25) is 0 Å². The van der Waals surface area contributed by atoms with Crippen LogP contribution in [0.4, 0.5) is 5.69 Å². The van der Waals surface area contributed by atoms with Crippen molar-refractivity contribution in [2.24, 2.45) is 5.16 Å². The fraction of sp³-hybridized carbons (Fsp3) is 0.300. The predicted octanol–water partition coefficient (Wildman–Crippen LogP) is 2.16. The summed E-state index contributed by atoms with van der Waals surface area (Å²) in [5, 5.41) is 4.84. The molecule has 4 heteroatoms. The third-order valence-corrected chi connectivity index (χ3v) is 2.85. The number of rotatable bonds is 2. The van der Waals surface area contributed by atoms with E-state index < -0.39 is 0 Å². The molecule has 0 aliphatic carbocycles. The fourth-order valence-electron chi connectivity index (χ4n) is 1.40. The van der Waals surface area contributed by atoms with Crippen molar-refractivity contribution in [3.8, 4) is 0 Å². The van der Waals surface area contributed by atoms with Gasteiger partial charge in [0.2, 0.25) is 0 Å². The molecule has 3 nitrogen and oxygen atoms in total. The lowest BCUT2D eigenvalue weighted by molar-refractivity contribution is 0.104. The Labute approximate surface area is 91.1 Å². The van der Waals surface area contributed by atoms with Crippen LogP contribution in [0.5, 0.6) is 0 Å². The molecule has 1 aromatic rings. The molecule has 0 saturated carbocycles. The Morgan fingerprint density at radius 3 is 3.07 bits per heavy atom. The molecular formula is C10H11BrN2O. The highest BCUT2D eigenvalue weighted by Gasteiger charge is 2.20. The average Bonchev–Trinajstić information content (AvgIpc) is 2.66. The standard InChI is InChI=1S/C10H11BrN2O/c11-6-9-5-10(13-14-9)7-2-1-3-8(12)4-7/h1-4,9H,5-6,12H2/t9-/m0/s1. The summed E-state index contributed by atoms with van der Waals surface area (Å²) in [6, 6.07) is 7.70. The number of benzene rings is 1. The maximum atomic E-state index is 5.69. The number of nitrogens with two attached hydrogens (primary N) is 1. The Morgan fingerprint density at radius 2 is 2.43 bits per heavy atom. The van der Waals surface area contributed by atoms with Crippen molar-refractivity contribution < 1.29 is 4.84 Å². The van der Waals surface area contributed by atoms with Crippen molar-refractivity contribution >= 4 is 27.3 Å². The van der Waals surface area contributed by atoms with Crippen molar-refractivity contribution in [2.75, 3.05) is 11.1 Å². The summed E-state index contributed by atoms with van der Waals surface area (Å²) in [5.74, 6) is 0. The van der Waals surface area contributed by atoms with E-state index in [9.17, 15) is 0 Å². The van der Waals surface area contributed by atoms with Gasteiger partial charge in [0.05, 0.1) is 5.71 Å². The molecule has 1 atom stereocenters. The summed E-state index contributed by atoms with van der Waals surface area (Å²) in [4.78, 5) is 5.21. The maximum Gasteiger partial charge on any atom is 0.142 e. The maximum absolute atomic E-state index is 5.69. The van der Waals surface area contributed by atoms with Crippen LogP contribution in [0.25, 0.3) is 0 Å². The largest absolute Gasteiger partial charge is 0.399 e. The normalized spacial score (nSPS) is 20.4. The minimum Gasteiger partial charge on any atom is -0.399 e. The first-order chi connectivity index (χ1) is 6.79. The summed E-state index contributed by atoms with van der Waals surface area (Å²) in [7, 11) is 0. The molecule has 0 radical (unpaired) electrons. The second-order valence-electron chi connectivity index (χ2n) is 3.25. The topological polar surface area (TPSA) is 47.6 Å². The minimum absolute atomic E-state index is 0.159. The third-order valence-electron chi connectivity index (χ3n) is 2.12. The average molecular weight is 255 g/mol. The SMILES string of the molecule is Nc1cccc(C2=NO[C@H](CBr)C2)c1. The second kappa shape index (κ2) is 4.00. The molecule has 14 heavy (non-hydrogen) atoms. The molecular weight excluding hydrogens is 244 g/mol. The smallest absolute Gasteiger partial charge is 0.142 e. The first-order valence-electron chi connectivity index (χ1n) is 4.44. The molecule has 0 amide bonds. The van der Waals surface area contributed by atoms with Gasteiger partial charge in [-0.1, -0.05) is 33.2 Å². The van der Waals surface area contributed by atoms with Gasteiger partial charge in [-0.15, -0.1) is 0 Å². The second-order valence-corrected chi connectivity index (χ2v) is 3.90. The monoisotopic (exact) mass is 254 g/mol. The number of alkyl halides is 1. The predicted molar refractivity (Wildman–Crippen MR) is 60.7 cm³/mol. The number of halogens is 1. The van der Waals surface area contributed by atoms with Crippen LogP contribution in [0, 0.1) is 0 Å². The van der Waals surface area contributed by atoms with Gasteiger partial charge in [0.25, 0.3) is 0 Å². The van der Waals surface area contributed by atoms with Crippen LogP contribution >= 0.6 is 15.9 Å². The molecule has 1 aromatic carbocycles. The van der Waals surface area contributed by atoms with E-state index in [0.717, 1.165) is 28.7 Å². The van der Waals surface area contributed by atoms with Gasteiger partial charge >= 0.3 is 0 Å². The van der Waals surface area contributed by atoms with Crippen LogP contribution in [0.1, 0.15) is 12.0 Å². The van der Waals surface area contributed by atoms with Crippen LogP contribution in [0.3, 0.4) is 0 Å². The van der Waals surface area contributed by atoms with Gasteiger partial charge in [-0.25, -0.2) is 0 Å². The highest BCUT2D eigenvalue weighted by molar-refractivity contribution is 9.09. The highest BCUT2D eigenvalue weighted by Crippen LogP contribution is 2.19. The van der Waals surface area contributed by atoms with Crippen LogP contribution in [-0.4, -0.2) is 17.1 Å². The van der Waals surface area contributed by atoms with E-state index in [4.69, 9.17) is 10.6 Å². The molecule has 0 aromatic heterocycles. The van der Waals surface area contributed by atoms with Crippen molar-refractivity contribution in [3.05, 3.63) is 29.8 Å². The molecule has 1 aliphatic heterocycles. The number of anilines is 1. The zero-order chi connectivity index (χ0) is 9.97. The van der Waals surface area contributed by atoms with Gasteiger partial charge in [-0.3, -0.25) is 0 Å². The number of nitrogens with zero attached hydrogens (tertiary/aromatic N) is 1. The zero-order valence-electron chi connectivity index (χ0n) is 7.61. The lowest BCUT2D eigenvalue weighted by Crippen LogP contribution is -2.09. The van der Waals surface area contributed by atoms with Gasteiger partial charge in [0.1, 0.15) is 6.10 Å². The van der Waals surface area contributed by atoms with Gasteiger partial charge in [0, 0.05) is 23.0 Å². The van der Waals surface area contributed by atoms with Crippen LogP contribution in [0.15, 0.2) is 29.4 Å². The Morgan fingerprint density at radius 1 is 1.57 bits per heavy atom. The molecule has 0 bridgehead atoms. The Kier molecular flexibility index (Phi) is 2.72. The van der Waals surface area contributed by atoms with E-state index in [1.807, 2.05) is 24.3 Å². The first-order valence-corrected chi connectivity index (χ1v) is 5.56. The number of nitrogen functional groups attached to an aromatic ring is 1. The number of hydrogen-bond acceptors (Lipinski definition) is 3. The Bertz CT molecular complexity index is 365. The van der Waals surface area contributed by atoms with Crippen molar-refractivity contribution in [2.45, 2.75) is 12.5 Å². The fourth-order valence-corrected chi connectivity index (χ4v) is 1.75. The quantitative estimate of drug-likeness (QED) is 0.650. The lowest BCUT2D eigenvalue weighted by atomic mass is 10.1. The summed E-state index contributed by atoms with van der Waals surface area (Å²) in [5.41, 5.74) is 8.47. The molecule has 2 rings (SSSR count). The van der Waals surface area contributed by atoms with E-state index >= 15 is 0 Å².